The summed E-state index contributed by atoms with van der Waals surface area (Å²) in [6.45, 7) is 6.49. The molecule has 7 heterocycles. The summed E-state index contributed by atoms with van der Waals surface area (Å²) in [7, 11) is 1.80. The summed E-state index contributed by atoms with van der Waals surface area (Å²) in [5, 5.41) is 19.1. The first-order chi connectivity index (χ1) is 32.0. The molecule has 2 N–H and O–H groups in total. The van der Waals surface area contributed by atoms with Gasteiger partial charge in [0.05, 0.1) is 46.7 Å². The van der Waals surface area contributed by atoms with E-state index < -0.39 is 36.2 Å². The Bertz CT molecular complexity index is 2670. The van der Waals surface area contributed by atoms with Gasteiger partial charge in [0.15, 0.2) is 11.3 Å². The molecule has 2 saturated carbocycles. The number of imide groups is 1. The number of para-hydroxylation sites is 1. The zero-order chi connectivity index (χ0) is 45.5. The molecule has 19 heteroatoms. The van der Waals surface area contributed by atoms with Crippen molar-refractivity contribution in [1.82, 2.24) is 49.3 Å². The van der Waals surface area contributed by atoms with E-state index in [9.17, 15) is 23.2 Å². The lowest BCUT2D eigenvalue weighted by Crippen LogP contribution is -2.47. The number of alkyl halides is 3. The summed E-state index contributed by atoms with van der Waals surface area (Å²) in [6, 6.07) is 7.41. The lowest BCUT2D eigenvalue weighted by Gasteiger charge is -2.38. The van der Waals surface area contributed by atoms with E-state index in [4.69, 9.17) is 9.72 Å². The van der Waals surface area contributed by atoms with E-state index in [0.717, 1.165) is 87.6 Å². The second kappa shape index (κ2) is 18.8. The number of nitrogens with one attached hydrogen (secondary N) is 2. The van der Waals surface area contributed by atoms with E-state index in [2.05, 4.69) is 52.5 Å². The number of fused-ring (bicyclic) bond motifs is 2. The number of halogens is 3. The van der Waals surface area contributed by atoms with E-state index in [1.165, 1.54) is 29.8 Å². The van der Waals surface area contributed by atoms with Crippen LogP contribution in [0.3, 0.4) is 0 Å². The zero-order valence-electron chi connectivity index (χ0n) is 37.0. The van der Waals surface area contributed by atoms with Gasteiger partial charge >= 0.3 is 0 Å². The summed E-state index contributed by atoms with van der Waals surface area (Å²) in [6.07, 6.45) is 7.03. The molecule has 0 radical (unpaired) electrons. The van der Waals surface area contributed by atoms with Crippen molar-refractivity contribution in [2.45, 2.75) is 88.4 Å². The second-order valence-electron chi connectivity index (χ2n) is 18.6. The quantitative estimate of drug-likeness (QED) is 0.124. The zero-order valence-corrected chi connectivity index (χ0v) is 37.0. The van der Waals surface area contributed by atoms with Crippen LogP contribution in [0.5, 0.6) is 0 Å². The Hall–Kier alpha value is -5.84. The first-order valence-corrected chi connectivity index (χ1v) is 23.3. The Kier molecular flexibility index (Phi) is 12.5. The van der Waals surface area contributed by atoms with Gasteiger partial charge in [-0.1, -0.05) is 24.0 Å². The number of aromatic nitrogens is 7. The van der Waals surface area contributed by atoms with Crippen LogP contribution in [0, 0.1) is 23.7 Å². The summed E-state index contributed by atoms with van der Waals surface area (Å²) >= 11 is 0. The number of carbonyl (C=O) groups is 3. The fraction of sp³-hybridized carbons (Fsp3) is 0.553. The number of piperazine rings is 1. The highest BCUT2D eigenvalue weighted by molar-refractivity contribution is 6.08. The highest BCUT2D eigenvalue weighted by Gasteiger charge is 2.35. The molecule has 3 aliphatic heterocycles. The van der Waals surface area contributed by atoms with Gasteiger partial charge in [0.1, 0.15) is 24.2 Å². The molecule has 5 aliphatic rings. The lowest BCUT2D eigenvalue weighted by atomic mass is 9.85. The fourth-order valence-electron chi connectivity index (χ4n) is 10.3. The van der Waals surface area contributed by atoms with Gasteiger partial charge in [0.2, 0.25) is 11.8 Å². The topological polar surface area (TPSA) is 160 Å². The minimum Gasteiger partial charge on any atom is -0.362 e. The van der Waals surface area contributed by atoms with Crippen molar-refractivity contribution in [1.29, 1.82) is 0 Å². The maximum atomic E-state index is 15.5. The van der Waals surface area contributed by atoms with E-state index >= 15 is 4.39 Å². The highest BCUT2D eigenvalue weighted by atomic mass is 19.3. The third kappa shape index (κ3) is 9.40. The van der Waals surface area contributed by atoms with Crippen molar-refractivity contribution in [2.24, 2.45) is 18.9 Å². The molecule has 3 atom stereocenters. The van der Waals surface area contributed by atoms with E-state index in [0.29, 0.717) is 42.2 Å². The molecule has 1 unspecified atom stereocenters. The number of hydrogen-bond acceptors (Lipinski definition) is 11. The van der Waals surface area contributed by atoms with Crippen LogP contribution in [0.2, 0.25) is 0 Å². The number of nitrogens with zero attached hydrogens (tertiary/aromatic N) is 10. The van der Waals surface area contributed by atoms with E-state index in [1.807, 2.05) is 24.3 Å². The average Bonchev–Trinajstić information content (AvgIpc) is 3.69. The maximum Gasteiger partial charge on any atom is 0.284 e. The average molecular weight is 909 g/mol. The molecule has 16 nitrogen and oxygen atoms in total. The Labute approximate surface area is 380 Å². The molecule has 3 saturated heterocycles. The number of aryl methyl sites for hydroxylation is 1. The molecule has 5 aromatic rings. The first-order valence-electron chi connectivity index (χ1n) is 23.3. The predicted octanol–water partition coefficient (Wildman–Crippen LogP) is 5.27. The minimum atomic E-state index is -2.89. The van der Waals surface area contributed by atoms with Crippen molar-refractivity contribution in [3.63, 3.8) is 0 Å². The van der Waals surface area contributed by atoms with Crippen LogP contribution in [0.1, 0.15) is 103 Å². The van der Waals surface area contributed by atoms with E-state index in [1.54, 1.807) is 22.6 Å². The number of anilines is 2. The molecule has 1 aromatic carbocycles. The molecule has 0 bridgehead atoms. The Morgan fingerprint density at radius 2 is 1.73 bits per heavy atom. The smallest absolute Gasteiger partial charge is 0.284 e. The Morgan fingerprint density at radius 3 is 2.47 bits per heavy atom. The number of amides is 3. The summed E-state index contributed by atoms with van der Waals surface area (Å²) in [5.74, 6) is 6.39. The normalized spacial score (nSPS) is 24.5. The Morgan fingerprint density at radius 1 is 0.955 bits per heavy atom. The number of piperidine rings is 2. The van der Waals surface area contributed by atoms with Gasteiger partial charge in [0, 0.05) is 83.6 Å². The first kappa shape index (κ1) is 44.0. The number of ether oxygens (including phenoxy) is 1. The summed E-state index contributed by atoms with van der Waals surface area (Å²) in [5.41, 5.74) is 2.15. The minimum absolute atomic E-state index is 0.0316. The van der Waals surface area contributed by atoms with Crippen molar-refractivity contribution >= 4 is 45.8 Å². The van der Waals surface area contributed by atoms with Gasteiger partial charge in [-0.15, -0.1) is 0 Å². The number of likely N-dealkylation sites (tertiary alicyclic amines) is 1. The second-order valence-corrected chi connectivity index (χ2v) is 18.6. The summed E-state index contributed by atoms with van der Waals surface area (Å²) in [4.78, 5) is 49.5. The molecule has 10 rings (SSSR count). The number of carbonyl (C=O) groups excluding carboxylic acids is 3. The monoisotopic (exact) mass is 908 g/mol. The van der Waals surface area contributed by atoms with Gasteiger partial charge in [-0.3, -0.25) is 38.9 Å². The molecule has 66 heavy (non-hydrogen) atoms. The van der Waals surface area contributed by atoms with Crippen LogP contribution < -0.4 is 15.5 Å². The van der Waals surface area contributed by atoms with Crippen LogP contribution in [0.4, 0.5) is 24.7 Å². The maximum absolute atomic E-state index is 15.5. The largest absolute Gasteiger partial charge is 0.362 e. The lowest BCUT2D eigenvalue weighted by molar-refractivity contribution is -0.134. The van der Waals surface area contributed by atoms with Crippen molar-refractivity contribution < 1.29 is 32.3 Å². The van der Waals surface area contributed by atoms with Gasteiger partial charge in [-0.2, -0.15) is 15.3 Å². The van der Waals surface area contributed by atoms with Crippen LogP contribution in [-0.4, -0.2) is 133 Å². The number of benzene rings is 1. The third-order valence-electron chi connectivity index (χ3n) is 14.1. The summed E-state index contributed by atoms with van der Waals surface area (Å²) < 4.78 is 54.9. The van der Waals surface area contributed by atoms with Crippen LogP contribution in [0.25, 0.3) is 16.6 Å². The number of rotatable bonds is 12. The van der Waals surface area contributed by atoms with Gasteiger partial charge in [-0.25, -0.2) is 22.7 Å². The standard InChI is InChI=1S/C47H55F3N12O4/c1-57-43-31(4-2-6-33(43)41(55-57)34-13-14-40(63)54-46(34)64)5-3-23-66-38-15-17-59(27-36(38)48)26-30-9-11-32(12-10-30)62-28-37(42(56-62)44(49)50)52-47(65)35-24-51-61-18-16-39(53-45(35)61)60-21-19-58(20-22-60)25-29-7-8-29/h2,4,6,16,18,24,28-30,32,34,36,38,44H,7-15,17,19-23,25-27H2,1H3,(H,52,65)(H,54,63,64)/t30?,32?,34?,36-,38+/m0/s1. The number of hydrogen-bond donors (Lipinski definition) is 2. The molecule has 4 aromatic heterocycles. The predicted molar refractivity (Wildman–Crippen MR) is 239 cm³/mol. The van der Waals surface area contributed by atoms with Crippen LogP contribution >= 0.6 is 0 Å². The third-order valence-corrected chi connectivity index (χ3v) is 14.1. The van der Waals surface area contributed by atoms with Gasteiger partial charge < -0.3 is 15.0 Å². The SMILES string of the molecule is Cn1nc(C2CCC(=O)NC2=O)c2cccc(C#CCO[C@@H]3CCN(CC4CCC(n5cc(NC(=O)c6cnn7ccc(N8CCN(CC9CC9)CC8)nc67)c(C(F)F)n5)CC4)C[C@@H]3F)c21. The van der Waals surface area contributed by atoms with Gasteiger partial charge in [-0.05, 0) is 75.3 Å². The van der Waals surface area contributed by atoms with Crippen LogP contribution in [-0.2, 0) is 21.4 Å². The molecule has 2 aliphatic carbocycles. The Balaban J connectivity index is 0.697. The fourth-order valence-corrected chi connectivity index (χ4v) is 10.3. The molecular formula is C47H55F3N12O4. The van der Waals surface area contributed by atoms with Crippen LogP contribution in [0.15, 0.2) is 42.9 Å². The molecule has 348 valence electrons. The van der Waals surface area contributed by atoms with Crippen molar-refractivity contribution in [3.8, 4) is 11.8 Å². The van der Waals surface area contributed by atoms with Crippen molar-refractivity contribution in [2.75, 3.05) is 69.2 Å². The molecular weight excluding hydrogens is 854 g/mol. The molecule has 5 fully saturated rings. The highest BCUT2D eigenvalue weighted by Crippen LogP contribution is 2.37. The molecule has 0 spiro atoms. The molecule has 3 amide bonds. The van der Waals surface area contributed by atoms with Crippen molar-refractivity contribution in [3.05, 3.63) is 65.4 Å². The van der Waals surface area contributed by atoms with Gasteiger partial charge in [0.25, 0.3) is 12.3 Å². The van der Waals surface area contributed by atoms with E-state index in [-0.39, 0.29) is 48.7 Å².